The van der Waals surface area contributed by atoms with Gasteiger partial charge in [0.2, 0.25) is 0 Å². The van der Waals surface area contributed by atoms with Crippen LogP contribution in [0.5, 0.6) is 0 Å². The summed E-state index contributed by atoms with van der Waals surface area (Å²) < 4.78 is 38.6. The molecule has 1 heterocycles. The van der Waals surface area contributed by atoms with Crippen LogP contribution in [0.1, 0.15) is 10.4 Å². The van der Waals surface area contributed by atoms with Crippen molar-refractivity contribution in [3.8, 4) is 0 Å². The third-order valence-electron chi connectivity index (χ3n) is 2.55. The second kappa shape index (κ2) is 4.66. The van der Waals surface area contributed by atoms with E-state index in [4.69, 9.17) is 0 Å². The first kappa shape index (κ1) is 12.4. The lowest BCUT2D eigenvalue weighted by atomic mass is 10.1. The van der Waals surface area contributed by atoms with Crippen molar-refractivity contribution >= 4 is 21.4 Å². The highest BCUT2D eigenvalue weighted by Gasteiger charge is 2.32. The van der Waals surface area contributed by atoms with Crippen molar-refractivity contribution in [1.82, 2.24) is 5.32 Å². The van der Waals surface area contributed by atoms with Crippen molar-refractivity contribution < 1.29 is 13.2 Å². The van der Waals surface area contributed by atoms with Crippen molar-refractivity contribution in [2.45, 2.75) is 12.6 Å². The zero-order valence-electron chi connectivity index (χ0n) is 9.27. The van der Waals surface area contributed by atoms with Gasteiger partial charge < -0.3 is 5.32 Å². The number of alkyl halides is 3. The van der Waals surface area contributed by atoms with E-state index in [9.17, 15) is 13.2 Å². The maximum atomic E-state index is 12.6. The summed E-state index contributed by atoms with van der Waals surface area (Å²) in [5.41, 5.74) is 0.970. The van der Waals surface area contributed by atoms with Gasteiger partial charge in [-0.05, 0) is 37.0 Å². The molecule has 2 rings (SSSR count). The van der Waals surface area contributed by atoms with Crippen molar-refractivity contribution in [1.29, 1.82) is 0 Å². The van der Waals surface area contributed by atoms with E-state index in [2.05, 4.69) is 5.32 Å². The van der Waals surface area contributed by atoms with Crippen LogP contribution in [0.15, 0.2) is 24.3 Å². The van der Waals surface area contributed by atoms with Gasteiger partial charge in [-0.25, -0.2) is 0 Å². The molecule has 0 radical (unpaired) electrons. The number of fused-ring (bicyclic) bond motifs is 1. The lowest BCUT2D eigenvalue weighted by Gasteiger charge is -2.02. The third-order valence-corrected chi connectivity index (χ3v) is 3.82. The molecule has 0 spiro atoms. The lowest BCUT2D eigenvalue weighted by molar-refractivity contribution is -0.134. The number of hydrogen-bond donors (Lipinski definition) is 1. The minimum atomic E-state index is -4.25. The van der Waals surface area contributed by atoms with Crippen LogP contribution >= 0.6 is 11.3 Å². The van der Waals surface area contributed by atoms with Gasteiger partial charge in [-0.2, -0.15) is 13.2 Å². The van der Waals surface area contributed by atoms with Gasteiger partial charge in [0.05, 0.1) is 0 Å². The maximum Gasteiger partial charge on any atom is 0.425 e. The van der Waals surface area contributed by atoms with Gasteiger partial charge in [0.15, 0.2) is 0 Å². The molecule has 0 atom stereocenters. The second-order valence-electron chi connectivity index (χ2n) is 3.80. The molecule has 0 fully saturated rings. The SMILES string of the molecule is CNCCc1cccc2cc(C(F)(F)F)sc12. The van der Waals surface area contributed by atoms with E-state index in [1.165, 1.54) is 6.07 Å². The van der Waals surface area contributed by atoms with Crippen LogP contribution in [0, 0.1) is 0 Å². The molecule has 0 amide bonds. The highest BCUT2D eigenvalue weighted by molar-refractivity contribution is 7.19. The molecular weight excluding hydrogens is 247 g/mol. The Balaban J connectivity index is 2.45. The van der Waals surface area contributed by atoms with Gasteiger partial charge >= 0.3 is 6.18 Å². The number of hydrogen-bond acceptors (Lipinski definition) is 2. The average molecular weight is 259 g/mol. The Hall–Kier alpha value is -1.07. The number of rotatable bonds is 3. The van der Waals surface area contributed by atoms with Gasteiger partial charge in [-0.15, -0.1) is 11.3 Å². The Morgan fingerprint density at radius 3 is 2.71 bits per heavy atom. The molecule has 1 nitrogen and oxygen atoms in total. The van der Waals surface area contributed by atoms with E-state index in [0.717, 1.165) is 34.6 Å². The number of thiophene rings is 1. The first-order valence-electron chi connectivity index (χ1n) is 5.25. The zero-order chi connectivity index (χ0) is 12.5. The molecule has 0 aliphatic rings. The molecule has 92 valence electrons. The fraction of sp³-hybridized carbons (Fsp3) is 0.333. The number of nitrogens with one attached hydrogen (secondary N) is 1. The van der Waals surface area contributed by atoms with Gasteiger partial charge in [0.25, 0.3) is 0 Å². The van der Waals surface area contributed by atoms with E-state index in [1.54, 1.807) is 12.1 Å². The van der Waals surface area contributed by atoms with Gasteiger partial charge in [-0.1, -0.05) is 18.2 Å². The normalized spacial score (nSPS) is 12.2. The second-order valence-corrected chi connectivity index (χ2v) is 4.85. The molecule has 0 saturated carbocycles. The van der Waals surface area contributed by atoms with Crippen molar-refractivity contribution in [3.05, 3.63) is 34.7 Å². The molecule has 5 heteroatoms. The highest BCUT2D eigenvalue weighted by atomic mass is 32.1. The summed E-state index contributed by atoms with van der Waals surface area (Å²) in [6.45, 7) is 0.762. The Morgan fingerprint density at radius 1 is 1.29 bits per heavy atom. The quantitative estimate of drug-likeness (QED) is 0.886. The van der Waals surface area contributed by atoms with E-state index in [-0.39, 0.29) is 0 Å². The maximum absolute atomic E-state index is 12.6. The van der Waals surface area contributed by atoms with Crippen LogP contribution in [0.4, 0.5) is 13.2 Å². The van der Waals surface area contributed by atoms with Crippen LogP contribution in [-0.4, -0.2) is 13.6 Å². The molecular formula is C12H12F3NS. The summed E-state index contributed by atoms with van der Waals surface area (Å²) in [4.78, 5) is -0.524. The lowest BCUT2D eigenvalue weighted by Crippen LogP contribution is -2.10. The summed E-state index contributed by atoms with van der Waals surface area (Å²) >= 11 is 0.828. The number of benzene rings is 1. The largest absolute Gasteiger partial charge is 0.425 e. The Labute approximate surface area is 101 Å². The van der Waals surface area contributed by atoms with Crippen LogP contribution in [-0.2, 0) is 12.6 Å². The molecule has 0 bridgehead atoms. The molecule has 0 aliphatic heterocycles. The van der Waals surface area contributed by atoms with Crippen molar-refractivity contribution in [3.63, 3.8) is 0 Å². The van der Waals surface area contributed by atoms with Gasteiger partial charge in [0.1, 0.15) is 4.88 Å². The highest BCUT2D eigenvalue weighted by Crippen LogP contribution is 2.39. The van der Waals surface area contributed by atoms with Crippen LogP contribution < -0.4 is 5.32 Å². The summed E-state index contributed by atoms with van der Waals surface area (Å²) in [5, 5.41) is 3.68. The van der Waals surface area contributed by atoms with Crippen molar-refractivity contribution in [2.75, 3.05) is 13.6 Å². The fourth-order valence-corrected chi connectivity index (χ4v) is 2.79. The summed E-state index contributed by atoms with van der Waals surface area (Å²) in [7, 11) is 1.83. The molecule has 0 unspecified atom stereocenters. The smallest absolute Gasteiger partial charge is 0.319 e. The molecule has 0 aliphatic carbocycles. The Kier molecular flexibility index (Phi) is 3.40. The topological polar surface area (TPSA) is 12.0 Å². The standard InChI is InChI=1S/C12H12F3NS/c1-16-6-5-8-3-2-4-9-7-10(12(13,14)15)17-11(8)9/h2-4,7,16H,5-6H2,1H3. The van der Waals surface area contributed by atoms with E-state index in [1.807, 2.05) is 13.1 Å². The predicted molar refractivity (Wildman–Crippen MR) is 64.5 cm³/mol. The fourth-order valence-electron chi connectivity index (χ4n) is 1.72. The van der Waals surface area contributed by atoms with Crippen LogP contribution in [0.3, 0.4) is 0 Å². The molecule has 17 heavy (non-hydrogen) atoms. The van der Waals surface area contributed by atoms with Gasteiger partial charge in [-0.3, -0.25) is 0 Å². The van der Waals surface area contributed by atoms with E-state index < -0.39 is 11.1 Å². The summed E-state index contributed by atoms with van der Waals surface area (Å²) in [5.74, 6) is 0. The number of halogens is 3. The molecule has 2 aromatic rings. The van der Waals surface area contributed by atoms with Gasteiger partial charge in [0, 0.05) is 4.70 Å². The molecule has 1 aromatic heterocycles. The minimum Gasteiger partial charge on any atom is -0.319 e. The predicted octanol–water partition coefficient (Wildman–Crippen LogP) is 3.68. The first-order chi connectivity index (χ1) is 8.02. The zero-order valence-corrected chi connectivity index (χ0v) is 10.1. The summed E-state index contributed by atoms with van der Waals surface area (Å²) in [6.07, 6.45) is -3.50. The monoisotopic (exact) mass is 259 g/mol. The minimum absolute atomic E-state index is 0.524. The number of likely N-dealkylation sites (N-methyl/N-ethyl adjacent to an activating group) is 1. The molecule has 1 N–H and O–H groups in total. The van der Waals surface area contributed by atoms with Crippen molar-refractivity contribution in [2.24, 2.45) is 0 Å². The summed E-state index contributed by atoms with van der Waals surface area (Å²) in [6, 6.07) is 6.64. The molecule has 0 saturated heterocycles. The third kappa shape index (κ3) is 2.61. The molecule has 1 aromatic carbocycles. The van der Waals surface area contributed by atoms with Crippen LogP contribution in [0.25, 0.3) is 10.1 Å². The van der Waals surface area contributed by atoms with Crippen LogP contribution in [0.2, 0.25) is 0 Å². The Bertz CT molecular complexity index is 516. The first-order valence-corrected chi connectivity index (χ1v) is 6.07. The van der Waals surface area contributed by atoms with E-state index in [0.29, 0.717) is 5.39 Å². The Morgan fingerprint density at radius 2 is 2.06 bits per heavy atom. The van der Waals surface area contributed by atoms with E-state index >= 15 is 0 Å². The average Bonchev–Trinajstić information content (AvgIpc) is 2.70.